The molecule has 2 N–H and O–H groups in total. The first kappa shape index (κ1) is 13.0. The minimum absolute atomic E-state index is 0.0975. The van der Waals surface area contributed by atoms with E-state index in [-0.39, 0.29) is 16.9 Å². The van der Waals surface area contributed by atoms with Gasteiger partial charge in [-0.1, -0.05) is 12.1 Å². The summed E-state index contributed by atoms with van der Waals surface area (Å²) >= 11 is 0. The van der Waals surface area contributed by atoms with Gasteiger partial charge in [0.05, 0.1) is 11.3 Å². The molecule has 0 spiro atoms. The molecular weight excluding hydrogens is 254 g/mol. The minimum atomic E-state index is -3.42. The maximum atomic E-state index is 11.9. The number of hydrogen-bond donors (Lipinski definition) is 2. The Bertz CT molecular complexity index is 575. The normalized spacial score (nSPS) is 17.4. The topological polar surface area (TPSA) is 83.5 Å². The smallest absolute Gasteiger partial charge is 0.335 e. The number of rotatable bonds is 5. The van der Waals surface area contributed by atoms with Gasteiger partial charge in [0.2, 0.25) is 10.0 Å². The van der Waals surface area contributed by atoms with E-state index in [0.29, 0.717) is 5.56 Å². The molecule has 0 bridgehead atoms. The molecule has 5 nitrogen and oxygen atoms in total. The van der Waals surface area contributed by atoms with Gasteiger partial charge < -0.3 is 5.11 Å². The van der Waals surface area contributed by atoms with Crippen LogP contribution in [0.3, 0.4) is 0 Å². The van der Waals surface area contributed by atoms with Crippen molar-refractivity contribution >= 4 is 16.0 Å². The third-order valence-corrected chi connectivity index (χ3v) is 4.45. The average Bonchev–Trinajstić information content (AvgIpc) is 2.94. The molecule has 0 amide bonds. The molecule has 2 rings (SSSR count). The van der Waals surface area contributed by atoms with E-state index in [1.807, 2.05) is 6.92 Å². The minimum Gasteiger partial charge on any atom is -0.478 e. The summed E-state index contributed by atoms with van der Waals surface area (Å²) in [5, 5.41) is 8.84. The van der Waals surface area contributed by atoms with Gasteiger partial charge in [-0.15, -0.1) is 0 Å². The van der Waals surface area contributed by atoms with E-state index >= 15 is 0 Å². The quantitative estimate of drug-likeness (QED) is 0.845. The van der Waals surface area contributed by atoms with Gasteiger partial charge in [-0.3, -0.25) is 0 Å². The standard InChI is InChI=1S/C12H15NO4S/c1-12(5-6-12)13-18(16,17)8-9-3-2-4-10(7-9)11(14)15/h2-4,7,13H,5-6,8H2,1H3,(H,14,15). The van der Waals surface area contributed by atoms with Crippen LogP contribution in [0.25, 0.3) is 0 Å². The van der Waals surface area contributed by atoms with E-state index < -0.39 is 16.0 Å². The molecule has 1 aromatic carbocycles. The van der Waals surface area contributed by atoms with Gasteiger partial charge in [0.15, 0.2) is 0 Å². The molecule has 1 aliphatic carbocycles. The van der Waals surface area contributed by atoms with Crippen LogP contribution in [0.15, 0.2) is 24.3 Å². The largest absolute Gasteiger partial charge is 0.478 e. The molecule has 0 atom stereocenters. The van der Waals surface area contributed by atoms with Gasteiger partial charge >= 0.3 is 5.97 Å². The lowest BCUT2D eigenvalue weighted by Gasteiger charge is -2.12. The van der Waals surface area contributed by atoms with Crippen molar-refractivity contribution in [3.63, 3.8) is 0 Å². The summed E-state index contributed by atoms with van der Waals surface area (Å²) in [5.41, 5.74) is 0.274. The van der Waals surface area contributed by atoms with Gasteiger partial charge in [-0.05, 0) is 37.5 Å². The Kier molecular flexibility index (Phi) is 3.16. The van der Waals surface area contributed by atoms with Crippen molar-refractivity contribution in [2.75, 3.05) is 0 Å². The summed E-state index contributed by atoms with van der Waals surface area (Å²) in [4.78, 5) is 10.8. The first-order valence-electron chi connectivity index (χ1n) is 5.64. The number of carboxylic acid groups (broad SMARTS) is 1. The third kappa shape index (κ3) is 3.30. The highest BCUT2D eigenvalue weighted by Crippen LogP contribution is 2.35. The first-order chi connectivity index (χ1) is 8.30. The van der Waals surface area contributed by atoms with E-state index in [1.165, 1.54) is 12.1 Å². The molecule has 0 aromatic heterocycles. The second-order valence-corrected chi connectivity index (χ2v) is 6.65. The van der Waals surface area contributed by atoms with Crippen molar-refractivity contribution in [1.82, 2.24) is 4.72 Å². The molecule has 0 saturated heterocycles. The van der Waals surface area contributed by atoms with Crippen LogP contribution in [0.5, 0.6) is 0 Å². The van der Waals surface area contributed by atoms with Crippen LogP contribution in [-0.2, 0) is 15.8 Å². The Morgan fingerprint density at radius 2 is 2.11 bits per heavy atom. The molecule has 18 heavy (non-hydrogen) atoms. The fraction of sp³-hybridized carbons (Fsp3) is 0.417. The average molecular weight is 269 g/mol. The molecule has 1 fully saturated rings. The van der Waals surface area contributed by atoms with E-state index in [2.05, 4.69) is 4.72 Å². The number of nitrogens with one attached hydrogen (secondary N) is 1. The highest BCUT2D eigenvalue weighted by atomic mass is 32.2. The van der Waals surface area contributed by atoms with Crippen molar-refractivity contribution in [3.8, 4) is 0 Å². The van der Waals surface area contributed by atoms with E-state index in [1.54, 1.807) is 12.1 Å². The molecule has 1 saturated carbocycles. The number of carbonyl (C=O) groups is 1. The second kappa shape index (κ2) is 4.37. The predicted octanol–water partition coefficient (Wildman–Crippen LogP) is 1.36. The van der Waals surface area contributed by atoms with Gasteiger partial charge in [0.25, 0.3) is 0 Å². The van der Waals surface area contributed by atoms with Crippen LogP contribution in [0.2, 0.25) is 0 Å². The second-order valence-electron chi connectivity index (χ2n) is 4.93. The molecule has 0 heterocycles. The van der Waals surface area contributed by atoms with Crippen LogP contribution >= 0.6 is 0 Å². The Hall–Kier alpha value is -1.40. The lowest BCUT2D eigenvalue weighted by molar-refractivity contribution is 0.0696. The van der Waals surface area contributed by atoms with Gasteiger partial charge in [-0.25, -0.2) is 17.9 Å². The maximum Gasteiger partial charge on any atom is 0.335 e. The monoisotopic (exact) mass is 269 g/mol. The predicted molar refractivity (Wildman–Crippen MR) is 66.8 cm³/mol. The Balaban J connectivity index is 2.13. The van der Waals surface area contributed by atoms with Crippen LogP contribution in [0.4, 0.5) is 0 Å². The summed E-state index contributed by atoms with van der Waals surface area (Å²) < 4.78 is 26.4. The SMILES string of the molecule is CC1(NS(=O)(=O)Cc2cccc(C(=O)O)c2)CC1. The molecule has 0 aliphatic heterocycles. The zero-order chi connectivity index (χ0) is 13.4. The zero-order valence-electron chi connectivity index (χ0n) is 10.0. The van der Waals surface area contributed by atoms with Crippen LogP contribution in [0.1, 0.15) is 35.7 Å². The Morgan fingerprint density at radius 1 is 1.44 bits per heavy atom. The number of benzene rings is 1. The summed E-state index contributed by atoms with van der Waals surface area (Å²) in [6, 6.07) is 5.99. The Labute approximate surface area is 106 Å². The fourth-order valence-electron chi connectivity index (χ4n) is 1.71. The van der Waals surface area contributed by atoms with E-state index in [4.69, 9.17) is 5.11 Å². The third-order valence-electron chi connectivity index (χ3n) is 2.93. The number of sulfonamides is 1. The number of hydrogen-bond acceptors (Lipinski definition) is 3. The lowest BCUT2D eigenvalue weighted by Crippen LogP contribution is -2.35. The summed E-state index contributed by atoms with van der Waals surface area (Å²) in [6.45, 7) is 1.86. The van der Waals surface area contributed by atoms with Crippen LogP contribution in [-0.4, -0.2) is 25.0 Å². The molecule has 98 valence electrons. The lowest BCUT2D eigenvalue weighted by atomic mass is 10.1. The van der Waals surface area contributed by atoms with E-state index in [0.717, 1.165) is 12.8 Å². The summed E-state index contributed by atoms with van der Waals surface area (Å²) in [5.74, 6) is -1.25. The Morgan fingerprint density at radius 3 is 2.67 bits per heavy atom. The van der Waals surface area contributed by atoms with E-state index in [9.17, 15) is 13.2 Å². The van der Waals surface area contributed by atoms with Crippen molar-refractivity contribution in [2.45, 2.75) is 31.1 Å². The summed E-state index contributed by atoms with van der Waals surface area (Å²) in [7, 11) is -3.42. The van der Waals surface area contributed by atoms with Crippen molar-refractivity contribution < 1.29 is 18.3 Å². The van der Waals surface area contributed by atoms with Crippen molar-refractivity contribution in [3.05, 3.63) is 35.4 Å². The molecular formula is C12H15NO4S. The van der Waals surface area contributed by atoms with Crippen LogP contribution in [0, 0.1) is 0 Å². The highest BCUT2D eigenvalue weighted by Gasteiger charge is 2.40. The van der Waals surface area contributed by atoms with Crippen LogP contribution < -0.4 is 4.72 Å². The first-order valence-corrected chi connectivity index (χ1v) is 7.29. The molecule has 0 unspecified atom stereocenters. The van der Waals surface area contributed by atoms with Gasteiger partial charge in [-0.2, -0.15) is 0 Å². The van der Waals surface area contributed by atoms with Gasteiger partial charge in [0.1, 0.15) is 0 Å². The molecule has 1 aromatic rings. The fourth-order valence-corrected chi connectivity index (χ4v) is 3.36. The number of aromatic carboxylic acids is 1. The molecule has 0 radical (unpaired) electrons. The van der Waals surface area contributed by atoms with Gasteiger partial charge in [0, 0.05) is 5.54 Å². The highest BCUT2D eigenvalue weighted by molar-refractivity contribution is 7.88. The zero-order valence-corrected chi connectivity index (χ0v) is 10.8. The summed E-state index contributed by atoms with van der Waals surface area (Å²) in [6.07, 6.45) is 1.70. The van der Waals surface area contributed by atoms with Crippen molar-refractivity contribution in [1.29, 1.82) is 0 Å². The molecule has 6 heteroatoms. The number of carboxylic acids is 1. The van der Waals surface area contributed by atoms with Crippen molar-refractivity contribution in [2.24, 2.45) is 0 Å². The molecule has 1 aliphatic rings. The maximum absolute atomic E-state index is 11.9.